The van der Waals surface area contributed by atoms with Crippen molar-refractivity contribution in [2.75, 3.05) is 0 Å². The summed E-state index contributed by atoms with van der Waals surface area (Å²) in [7, 11) is 0. The topological polar surface area (TPSA) is 13.1 Å². The van der Waals surface area contributed by atoms with Crippen molar-refractivity contribution < 1.29 is 17.6 Å². The highest BCUT2D eigenvalue weighted by molar-refractivity contribution is 6.20. The summed E-state index contributed by atoms with van der Waals surface area (Å²) >= 11 is 6.13. The molecule has 0 saturated carbocycles. The number of rotatable bonds is 3. The van der Waals surface area contributed by atoms with Crippen LogP contribution < -0.4 is 0 Å². The number of hydrogen-bond donors (Lipinski definition) is 0. The average molecular weight is 275 g/mol. The van der Waals surface area contributed by atoms with Gasteiger partial charge in [-0.1, -0.05) is 12.1 Å². The second-order valence-electron chi connectivity index (χ2n) is 3.92. The molecule has 0 fully saturated rings. The number of benzene rings is 1. The van der Waals surface area contributed by atoms with E-state index < -0.39 is 11.7 Å². The van der Waals surface area contributed by atoms with Crippen LogP contribution >= 0.6 is 11.6 Å². The van der Waals surface area contributed by atoms with E-state index in [9.17, 15) is 13.2 Å². The predicted octanol–water partition coefficient (Wildman–Crippen LogP) is 4.82. The molecule has 1 unspecified atom stereocenters. The molecule has 0 aliphatic rings. The Labute approximate surface area is 107 Å². The Hall–Kier alpha value is -1.42. The standard InChI is InChI=1S/C13H10ClF3O/c14-12(10-5-6-18-8-10)7-9-1-3-11(4-2-9)13(15,16)17/h1-6,8,12H,7H2. The van der Waals surface area contributed by atoms with Crippen molar-refractivity contribution in [3.63, 3.8) is 0 Å². The first-order valence-electron chi connectivity index (χ1n) is 5.29. The average Bonchev–Trinajstić information content (AvgIpc) is 2.82. The van der Waals surface area contributed by atoms with E-state index in [-0.39, 0.29) is 5.38 Å². The van der Waals surface area contributed by atoms with Crippen molar-refractivity contribution in [2.45, 2.75) is 18.0 Å². The fraction of sp³-hybridized carbons (Fsp3) is 0.231. The van der Waals surface area contributed by atoms with Crippen molar-refractivity contribution in [1.29, 1.82) is 0 Å². The number of hydrogen-bond acceptors (Lipinski definition) is 1. The molecule has 1 atom stereocenters. The zero-order chi connectivity index (χ0) is 13.2. The highest BCUT2D eigenvalue weighted by Gasteiger charge is 2.29. The second-order valence-corrected chi connectivity index (χ2v) is 4.45. The molecule has 0 aliphatic carbocycles. The lowest BCUT2D eigenvalue weighted by Crippen LogP contribution is -2.04. The molecule has 1 aromatic heterocycles. The van der Waals surface area contributed by atoms with Gasteiger partial charge in [-0.25, -0.2) is 0 Å². The minimum absolute atomic E-state index is 0.305. The van der Waals surface area contributed by atoms with E-state index in [1.807, 2.05) is 0 Å². The molecular weight excluding hydrogens is 265 g/mol. The van der Waals surface area contributed by atoms with Crippen molar-refractivity contribution in [3.05, 3.63) is 59.5 Å². The lowest BCUT2D eigenvalue weighted by Gasteiger charge is -2.09. The summed E-state index contributed by atoms with van der Waals surface area (Å²) in [5, 5.41) is -0.305. The van der Waals surface area contributed by atoms with Crippen molar-refractivity contribution in [2.24, 2.45) is 0 Å². The Balaban J connectivity index is 2.07. The summed E-state index contributed by atoms with van der Waals surface area (Å²) < 4.78 is 42.0. The molecule has 1 heterocycles. The summed E-state index contributed by atoms with van der Waals surface area (Å²) in [6, 6.07) is 6.75. The van der Waals surface area contributed by atoms with Crippen LogP contribution in [0.2, 0.25) is 0 Å². The monoisotopic (exact) mass is 274 g/mol. The highest BCUT2D eigenvalue weighted by Crippen LogP contribution is 2.30. The molecule has 0 bridgehead atoms. The van der Waals surface area contributed by atoms with Gasteiger partial charge < -0.3 is 4.42 Å². The minimum atomic E-state index is -4.30. The predicted molar refractivity (Wildman–Crippen MR) is 62.5 cm³/mol. The van der Waals surface area contributed by atoms with Crippen LogP contribution in [-0.4, -0.2) is 0 Å². The number of alkyl halides is 4. The normalized spacial score (nSPS) is 13.6. The maximum Gasteiger partial charge on any atom is 0.416 e. The smallest absolute Gasteiger partial charge is 0.416 e. The molecular formula is C13H10ClF3O. The quantitative estimate of drug-likeness (QED) is 0.731. The van der Waals surface area contributed by atoms with E-state index in [0.29, 0.717) is 6.42 Å². The summed E-state index contributed by atoms with van der Waals surface area (Å²) in [6.07, 6.45) is -0.804. The van der Waals surface area contributed by atoms with Crippen LogP contribution in [-0.2, 0) is 12.6 Å². The van der Waals surface area contributed by atoms with Gasteiger partial charge in [-0.05, 0) is 30.2 Å². The first-order valence-corrected chi connectivity index (χ1v) is 5.73. The van der Waals surface area contributed by atoms with Gasteiger partial charge in [0.15, 0.2) is 0 Å². The third-order valence-corrected chi connectivity index (χ3v) is 3.01. The van der Waals surface area contributed by atoms with Crippen LogP contribution in [0.25, 0.3) is 0 Å². The van der Waals surface area contributed by atoms with Crippen LogP contribution in [0, 0.1) is 0 Å². The van der Waals surface area contributed by atoms with E-state index in [1.54, 1.807) is 6.07 Å². The van der Waals surface area contributed by atoms with Gasteiger partial charge in [-0.15, -0.1) is 11.6 Å². The van der Waals surface area contributed by atoms with Gasteiger partial charge in [0.2, 0.25) is 0 Å². The van der Waals surface area contributed by atoms with E-state index in [1.165, 1.54) is 24.7 Å². The summed E-state index contributed by atoms with van der Waals surface area (Å²) in [6.45, 7) is 0. The third kappa shape index (κ3) is 3.07. The Kier molecular flexibility index (Phi) is 3.66. The lowest BCUT2D eigenvalue weighted by atomic mass is 10.0. The molecule has 0 saturated heterocycles. The van der Waals surface area contributed by atoms with Gasteiger partial charge in [0.25, 0.3) is 0 Å². The third-order valence-electron chi connectivity index (χ3n) is 2.60. The molecule has 0 aliphatic heterocycles. The van der Waals surface area contributed by atoms with Crippen molar-refractivity contribution in [3.8, 4) is 0 Å². The van der Waals surface area contributed by atoms with E-state index in [0.717, 1.165) is 23.3 Å². The molecule has 5 heteroatoms. The molecule has 1 nitrogen and oxygen atoms in total. The Morgan fingerprint density at radius 3 is 2.28 bits per heavy atom. The van der Waals surface area contributed by atoms with E-state index >= 15 is 0 Å². The maximum atomic E-state index is 12.4. The second kappa shape index (κ2) is 5.06. The Morgan fingerprint density at radius 1 is 1.11 bits per heavy atom. The summed E-state index contributed by atoms with van der Waals surface area (Å²) in [5.74, 6) is 0. The summed E-state index contributed by atoms with van der Waals surface area (Å²) in [4.78, 5) is 0. The molecule has 0 spiro atoms. The summed E-state index contributed by atoms with van der Waals surface area (Å²) in [5.41, 5.74) is 0.918. The zero-order valence-corrected chi connectivity index (χ0v) is 10.0. The molecule has 2 rings (SSSR count). The Morgan fingerprint density at radius 2 is 1.78 bits per heavy atom. The van der Waals surface area contributed by atoms with Crippen LogP contribution in [0.4, 0.5) is 13.2 Å². The molecule has 2 aromatic rings. The lowest BCUT2D eigenvalue weighted by molar-refractivity contribution is -0.137. The number of furan rings is 1. The molecule has 0 amide bonds. The Bertz CT molecular complexity index is 488. The van der Waals surface area contributed by atoms with Gasteiger partial charge in [0.1, 0.15) is 0 Å². The van der Waals surface area contributed by atoms with Crippen LogP contribution in [0.1, 0.15) is 22.1 Å². The largest absolute Gasteiger partial charge is 0.472 e. The van der Waals surface area contributed by atoms with E-state index in [2.05, 4.69) is 0 Å². The van der Waals surface area contributed by atoms with Gasteiger partial charge in [-0.3, -0.25) is 0 Å². The van der Waals surface area contributed by atoms with Crippen molar-refractivity contribution >= 4 is 11.6 Å². The van der Waals surface area contributed by atoms with Gasteiger partial charge in [0, 0.05) is 5.56 Å². The van der Waals surface area contributed by atoms with E-state index in [4.69, 9.17) is 16.0 Å². The van der Waals surface area contributed by atoms with Crippen LogP contribution in [0.3, 0.4) is 0 Å². The van der Waals surface area contributed by atoms with Gasteiger partial charge >= 0.3 is 6.18 Å². The zero-order valence-electron chi connectivity index (χ0n) is 9.25. The van der Waals surface area contributed by atoms with Gasteiger partial charge in [-0.2, -0.15) is 13.2 Å². The molecule has 1 aromatic carbocycles. The first-order chi connectivity index (χ1) is 8.47. The van der Waals surface area contributed by atoms with Gasteiger partial charge in [0.05, 0.1) is 23.5 Å². The minimum Gasteiger partial charge on any atom is -0.472 e. The molecule has 96 valence electrons. The fourth-order valence-electron chi connectivity index (χ4n) is 1.61. The molecule has 0 N–H and O–H groups in total. The SMILES string of the molecule is FC(F)(F)c1ccc(CC(Cl)c2ccoc2)cc1. The van der Waals surface area contributed by atoms with Crippen molar-refractivity contribution in [1.82, 2.24) is 0 Å². The number of halogens is 4. The molecule has 18 heavy (non-hydrogen) atoms. The fourth-order valence-corrected chi connectivity index (χ4v) is 1.91. The van der Waals surface area contributed by atoms with Crippen LogP contribution in [0.5, 0.6) is 0 Å². The molecule has 0 radical (unpaired) electrons. The first kappa shape index (κ1) is 13.0. The maximum absolute atomic E-state index is 12.4. The van der Waals surface area contributed by atoms with Crippen LogP contribution in [0.15, 0.2) is 47.3 Å². The highest BCUT2D eigenvalue weighted by atomic mass is 35.5.